The number of nitrogens with zero attached hydrogens (tertiary/aromatic N) is 2. The van der Waals surface area contributed by atoms with Crippen molar-refractivity contribution in [2.24, 2.45) is 0 Å². The summed E-state index contributed by atoms with van der Waals surface area (Å²) < 4.78 is 3.59. The van der Waals surface area contributed by atoms with Crippen LogP contribution in [0.25, 0.3) is 0 Å². The van der Waals surface area contributed by atoms with E-state index >= 15 is 0 Å². The maximum absolute atomic E-state index is 11.2. The van der Waals surface area contributed by atoms with Gasteiger partial charge in [-0.3, -0.25) is 4.79 Å². The van der Waals surface area contributed by atoms with E-state index in [0.717, 1.165) is 17.1 Å². The standard InChI is InChI=1S/C7H8N2OS/c1-5(2)3-6(10)7-4-8-9-11-7/h3-4H,1-2H3. The Morgan fingerprint density at radius 3 is 2.82 bits per heavy atom. The number of ketones is 1. The van der Waals surface area contributed by atoms with Gasteiger partial charge in [0.1, 0.15) is 4.88 Å². The first kappa shape index (κ1) is 8.07. The summed E-state index contributed by atoms with van der Waals surface area (Å²) in [6.45, 7) is 3.76. The van der Waals surface area contributed by atoms with Gasteiger partial charge >= 0.3 is 0 Å². The van der Waals surface area contributed by atoms with E-state index in [-0.39, 0.29) is 5.78 Å². The van der Waals surface area contributed by atoms with Crippen LogP contribution in [0.5, 0.6) is 0 Å². The van der Waals surface area contributed by atoms with Crippen molar-refractivity contribution in [3.8, 4) is 0 Å². The van der Waals surface area contributed by atoms with Gasteiger partial charge in [-0.2, -0.15) is 0 Å². The lowest BCUT2D eigenvalue weighted by molar-refractivity contribution is 0.104. The highest BCUT2D eigenvalue weighted by Gasteiger charge is 2.03. The van der Waals surface area contributed by atoms with E-state index in [1.54, 1.807) is 6.08 Å². The first-order valence-electron chi connectivity index (χ1n) is 3.17. The van der Waals surface area contributed by atoms with Crippen molar-refractivity contribution in [3.63, 3.8) is 0 Å². The van der Waals surface area contributed by atoms with Crippen molar-refractivity contribution in [2.75, 3.05) is 0 Å². The van der Waals surface area contributed by atoms with Gasteiger partial charge in [0.25, 0.3) is 0 Å². The molecule has 1 aromatic heterocycles. The van der Waals surface area contributed by atoms with Crippen LogP contribution in [0.2, 0.25) is 0 Å². The summed E-state index contributed by atoms with van der Waals surface area (Å²) in [7, 11) is 0. The van der Waals surface area contributed by atoms with Crippen LogP contribution in [-0.2, 0) is 0 Å². The molecule has 58 valence electrons. The van der Waals surface area contributed by atoms with Gasteiger partial charge in [0, 0.05) is 0 Å². The number of carbonyl (C=O) groups excluding carboxylic acids is 1. The van der Waals surface area contributed by atoms with Gasteiger partial charge in [0.05, 0.1) is 6.20 Å². The van der Waals surface area contributed by atoms with Crippen LogP contribution in [0.3, 0.4) is 0 Å². The average molecular weight is 168 g/mol. The molecule has 0 radical (unpaired) electrons. The first-order chi connectivity index (χ1) is 5.20. The van der Waals surface area contributed by atoms with Gasteiger partial charge in [-0.1, -0.05) is 10.1 Å². The van der Waals surface area contributed by atoms with Crippen molar-refractivity contribution in [1.82, 2.24) is 9.59 Å². The minimum absolute atomic E-state index is 0.0139. The van der Waals surface area contributed by atoms with Gasteiger partial charge in [0.2, 0.25) is 0 Å². The van der Waals surface area contributed by atoms with Crippen molar-refractivity contribution in [3.05, 3.63) is 22.7 Å². The second-order valence-electron chi connectivity index (χ2n) is 2.37. The van der Waals surface area contributed by atoms with Gasteiger partial charge in [-0.05, 0) is 31.5 Å². The van der Waals surface area contributed by atoms with Gasteiger partial charge in [-0.25, -0.2) is 0 Å². The molecule has 0 spiro atoms. The minimum Gasteiger partial charge on any atom is -0.288 e. The molecule has 0 saturated carbocycles. The number of carbonyl (C=O) groups is 1. The number of rotatable bonds is 2. The second kappa shape index (κ2) is 3.39. The maximum atomic E-state index is 11.2. The monoisotopic (exact) mass is 168 g/mol. The Balaban J connectivity index is 2.80. The molecule has 0 atom stereocenters. The molecule has 3 nitrogen and oxygen atoms in total. The smallest absolute Gasteiger partial charge is 0.198 e. The third-order valence-corrected chi connectivity index (χ3v) is 1.70. The molecule has 0 aliphatic carbocycles. The van der Waals surface area contributed by atoms with Crippen LogP contribution in [-0.4, -0.2) is 15.4 Å². The fraction of sp³-hybridized carbons (Fsp3) is 0.286. The third-order valence-electron chi connectivity index (χ3n) is 1.02. The molecule has 0 unspecified atom stereocenters. The largest absolute Gasteiger partial charge is 0.288 e. The van der Waals surface area contributed by atoms with E-state index in [2.05, 4.69) is 9.59 Å². The van der Waals surface area contributed by atoms with Gasteiger partial charge in [-0.15, -0.1) is 5.10 Å². The molecule has 4 heteroatoms. The molecule has 0 bridgehead atoms. The molecular formula is C7H8N2OS. The number of allylic oxidation sites excluding steroid dienone is 2. The van der Waals surface area contributed by atoms with Crippen molar-refractivity contribution >= 4 is 17.3 Å². The molecule has 11 heavy (non-hydrogen) atoms. The first-order valence-corrected chi connectivity index (χ1v) is 3.94. The van der Waals surface area contributed by atoms with Crippen LogP contribution in [0, 0.1) is 0 Å². The topological polar surface area (TPSA) is 42.9 Å². The van der Waals surface area contributed by atoms with E-state index < -0.39 is 0 Å². The summed E-state index contributed by atoms with van der Waals surface area (Å²) in [5.41, 5.74) is 0.989. The predicted molar refractivity (Wildman–Crippen MR) is 43.7 cm³/mol. The normalized spacial score (nSPS) is 9.27. The lowest BCUT2D eigenvalue weighted by atomic mass is 10.2. The molecule has 1 heterocycles. The summed E-state index contributed by atoms with van der Waals surface area (Å²) in [5.74, 6) is -0.0139. The highest BCUT2D eigenvalue weighted by Crippen LogP contribution is 2.05. The van der Waals surface area contributed by atoms with Crippen LogP contribution in [0.4, 0.5) is 0 Å². The molecule has 1 rings (SSSR count). The zero-order valence-corrected chi connectivity index (χ0v) is 7.18. The van der Waals surface area contributed by atoms with E-state index in [4.69, 9.17) is 0 Å². The SMILES string of the molecule is CC(C)=CC(=O)c1cnns1. The number of hydrogen-bond donors (Lipinski definition) is 0. The molecule has 0 fully saturated rings. The van der Waals surface area contributed by atoms with E-state index in [0.29, 0.717) is 4.88 Å². The Hall–Kier alpha value is -1.03. The Morgan fingerprint density at radius 1 is 1.64 bits per heavy atom. The molecule has 0 aromatic carbocycles. The Labute approximate surface area is 68.9 Å². The summed E-state index contributed by atoms with van der Waals surface area (Å²) in [6, 6.07) is 0. The van der Waals surface area contributed by atoms with Gasteiger partial charge < -0.3 is 0 Å². The summed E-state index contributed by atoms with van der Waals surface area (Å²) >= 11 is 1.12. The Kier molecular flexibility index (Phi) is 2.48. The molecule has 0 aliphatic rings. The van der Waals surface area contributed by atoms with E-state index in [1.165, 1.54) is 6.20 Å². The predicted octanol–water partition coefficient (Wildman–Crippen LogP) is 1.69. The Bertz CT molecular complexity index is 273. The molecule has 0 saturated heterocycles. The van der Waals surface area contributed by atoms with Crippen LogP contribution < -0.4 is 0 Å². The third kappa shape index (κ3) is 2.23. The molecule has 1 aromatic rings. The fourth-order valence-corrected chi connectivity index (χ4v) is 1.03. The zero-order valence-electron chi connectivity index (χ0n) is 6.37. The highest BCUT2D eigenvalue weighted by molar-refractivity contribution is 7.07. The summed E-state index contributed by atoms with van der Waals surface area (Å²) in [5, 5.41) is 3.57. The van der Waals surface area contributed by atoms with Crippen LogP contribution in [0.1, 0.15) is 23.5 Å². The second-order valence-corrected chi connectivity index (χ2v) is 3.15. The quantitative estimate of drug-likeness (QED) is 0.498. The molecule has 0 amide bonds. The molecule has 0 aliphatic heterocycles. The summed E-state index contributed by atoms with van der Waals surface area (Å²) in [6.07, 6.45) is 3.06. The average Bonchev–Trinajstić information content (AvgIpc) is 2.35. The highest BCUT2D eigenvalue weighted by atomic mass is 32.1. The Morgan fingerprint density at radius 2 is 2.36 bits per heavy atom. The number of aromatic nitrogens is 2. The van der Waals surface area contributed by atoms with Crippen molar-refractivity contribution in [1.29, 1.82) is 0 Å². The summed E-state index contributed by atoms with van der Waals surface area (Å²) in [4.78, 5) is 11.8. The van der Waals surface area contributed by atoms with Crippen LogP contribution >= 0.6 is 11.5 Å². The lowest BCUT2D eigenvalue weighted by Gasteiger charge is -1.86. The van der Waals surface area contributed by atoms with Gasteiger partial charge in [0.15, 0.2) is 5.78 Å². The van der Waals surface area contributed by atoms with E-state index in [1.807, 2.05) is 13.8 Å². The van der Waals surface area contributed by atoms with Crippen LogP contribution in [0.15, 0.2) is 17.8 Å². The fourth-order valence-electron chi connectivity index (χ4n) is 0.609. The van der Waals surface area contributed by atoms with Crippen molar-refractivity contribution in [2.45, 2.75) is 13.8 Å². The lowest BCUT2D eigenvalue weighted by Crippen LogP contribution is -1.90. The molecule has 0 N–H and O–H groups in total. The number of hydrogen-bond acceptors (Lipinski definition) is 4. The minimum atomic E-state index is -0.0139. The maximum Gasteiger partial charge on any atom is 0.198 e. The van der Waals surface area contributed by atoms with E-state index in [9.17, 15) is 4.79 Å². The molecular weight excluding hydrogens is 160 g/mol. The van der Waals surface area contributed by atoms with Crippen molar-refractivity contribution < 1.29 is 4.79 Å². The zero-order chi connectivity index (χ0) is 8.27.